The highest BCUT2D eigenvalue weighted by Gasteiger charge is 2.24. The van der Waals surface area contributed by atoms with Gasteiger partial charge in [-0.3, -0.25) is 4.90 Å². The highest BCUT2D eigenvalue weighted by Crippen LogP contribution is 2.22. The Bertz CT molecular complexity index is 618. The van der Waals surface area contributed by atoms with Crippen molar-refractivity contribution in [3.8, 4) is 5.75 Å². The Labute approximate surface area is 137 Å². The van der Waals surface area contributed by atoms with Crippen molar-refractivity contribution in [2.45, 2.75) is 18.6 Å². The summed E-state index contributed by atoms with van der Waals surface area (Å²) in [6.07, 6.45) is 0.611. The molecule has 0 spiro atoms. The number of aliphatic hydroxyl groups excluding tert-OH is 1. The summed E-state index contributed by atoms with van der Waals surface area (Å²) in [5.74, 6) is 0.784. The molecule has 0 bridgehead atoms. The average Bonchev–Trinajstić information content (AvgIpc) is 3.02. The van der Waals surface area contributed by atoms with Crippen LogP contribution in [0, 0.1) is 0 Å². The van der Waals surface area contributed by atoms with Crippen LogP contribution < -0.4 is 10.1 Å². The molecular formula is C19H24N2O2. The lowest BCUT2D eigenvalue weighted by Gasteiger charge is -2.21. The van der Waals surface area contributed by atoms with Crippen LogP contribution in [-0.2, 0) is 0 Å². The number of nitrogens with one attached hydrogen (secondary N) is 1. The van der Waals surface area contributed by atoms with Gasteiger partial charge in [0, 0.05) is 31.4 Å². The highest BCUT2D eigenvalue weighted by molar-refractivity contribution is 5.43. The van der Waals surface area contributed by atoms with Crippen LogP contribution in [0.4, 0.5) is 5.69 Å². The average molecular weight is 312 g/mol. The van der Waals surface area contributed by atoms with Gasteiger partial charge in [0.25, 0.3) is 0 Å². The normalized spacial score (nSPS) is 19.5. The zero-order valence-corrected chi connectivity index (χ0v) is 13.5. The van der Waals surface area contributed by atoms with Crippen molar-refractivity contribution >= 4 is 5.69 Å². The summed E-state index contributed by atoms with van der Waals surface area (Å²) in [5.41, 5.74) is 2.07. The van der Waals surface area contributed by atoms with Crippen molar-refractivity contribution in [2.75, 3.05) is 32.1 Å². The number of anilines is 1. The maximum absolute atomic E-state index is 10.5. The smallest absolute Gasteiger partial charge is 0.119 e. The first-order valence-electron chi connectivity index (χ1n) is 8.10. The van der Waals surface area contributed by atoms with Gasteiger partial charge in [-0.15, -0.1) is 0 Å². The number of hydrogen-bond donors (Lipinski definition) is 2. The monoisotopic (exact) mass is 312 g/mol. The molecule has 0 saturated carbocycles. The fourth-order valence-corrected chi connectivity index (χ4v) is 3.09. The van der Waals surface area contributed by atoms with Gasteiger partial charge in [0.2, 0.25) is 0 Å². The number of aliphatic hydroxyl groups is 1. The largest absolute Gasteiger partial charge is 0.497 e. The number of rotatable bonds is 6. The Morgan fingerprint density at radius 1 is 1.22 bits per heavy atom. The van der Waals surface area contributed by atoms with E-state index < -0.39 is 6.10 Å². The van der Waals surface area contributed by atoms with E-state index in [1.54, 1.807) is 7.11 Å². The second-order valence-corrected chi connectivity index (χ2v) is 6.05. The second kappa shape index (κ2) is 7.49. The van der Waals surface area contributed by atoms with Crippen LogP contribution in [0.1, 0.15) is 18.1 Å². The first-order chi connectivity index (χ1) is 11.2. The number of methoxy groups -OCH3 is 1. The van der Waals surface area contributed by atoms with E-state index in [1.807, 2.05) is 42.5 Å². The van der Waals surface area contributed by atoms with Gasteiger partial charge in [0.05, 0.1) is 13.2 Å². The lowest BCUT2D eigenvalue weighted by atomic mass is 10.1. The quantitative estimate of drug-likeness (QED) is 0.861. The molecule has 23 heavy (non-hydrogen) atoms. The Morgan fingerprint density at radius 2 is 2.04 bits per heavy atom. The van der Waals surface area contributed by atoms with E-state index in [0.717, 1.165) is 36.5 Å². The number of hydrogen-bond acceptors (Lipinski definition) is 4. The van der Waals surface area contributed by atoms with E-state index in [9.17, 15) is 5.11 Å². The number of para-hydroxylation sites is 1. The molecule has 2 atom stereocenters. The standard InChI is InChI=1S/C19H24N2O2/c1-23-18-9-5-6-15(12-18)19(22)14-21-11-10-17(13-21)20-16-7-3-2-4-8-16/h2-9,12,17,19-20,22H,10-11,13-14H2,1H3. The van der Waals surface area contributed by atoms with Gasteiger partial charge < -0.3 is 15.2 Å². The molecule has 1 heterocycles. The molecule has 1 saturated heterocycles. The molecule has 2 N–H and O–H groups in total. The van der Waals surface area contributed by atoms with Gasteiger partial charge in [-0.25, -0.2) is 0 Å². The maximum atomic E-state index is 10.5. The molecule has 0 radical (unpaired) electrons. The van der Waals surface area contributed by atoms with Gasteiger partial charge >= 0.3 is 0 Å². The van der Waals surface area contributed by atoms with Crippen molar-refractivity contribution in [2.24, 2.45) is 0 Å². The molecule has 1 fully saturated rings. The van der Waals surface area contributed by atoms with E-state index in [1.165, 1.54) is 0 Å². The lowest BCUT2D eigenvalue weighted by Crippen LogP contribution is -2.29. The van der Waals surface area contributed by atoms with Crippen LogP contribution in [0.15, 0.2) is 54.6 Å². The summed E-state index contributed by atoms with van der Waals surface area (Å²) in [7, 11) is 1.64. The van der Waals surface area contributed by atoms with E-state index in [4.69, 9.17) is 4.74 Å². The third-order valence-electron chi connectivity index (χ3n) is 4.33. The number of nitrogens with zero attached hydrogens (tertiary/aromatic N) is 1. The summed E-state index contributed by atoms with van der Waals surface area (Å²) in [6.45, 7) is 2.61. The Kier molecular flexibility index (Phi) is 5.16. The Morgan fingerprint density at radius 3 is 2.83 bits per heavy atom. The van der Waals surface area contributed by atoms with Gasteiger partial charge in [-0.1, -0.05) is 30.3 Å². The third-order valence-corrected chi connectivity index (χ3v) is 4.33. The van der Waals surface area contributed by atoms with E-state index in [2.05, 4.69) is 22.3 Å². The summed E-state index contributed by atoms with van der Waals surface area (Å²) in [6, 6.07) is 18.4. The van der Waals surface area contributed by atoms with Crippen LogP contribution >= 0.6 is 0 Å². The van der Waals surface area contributed by atoms with Crippen LogP contribution in [-0.4, -0.2) is 42.8 Å². The van der Waals surface area contributed by atoms with Crippen LogP contribution in [0.5, 0.6) is 5.75 Å². The first-order valence-corrected chi connectivity index (χ1v) is 8.10. The summed E-state index contributed by atoms with van der Waals surface area (Å²) in [5, 5.41) is 14.0. The lowest BCUT2D eigenvalue weighted by molar-refractivity contribution is 0.125. The van der Waals surface area contributed by atoms with Crippen molar-refractivity contribution < 1.29 is 9.84 Å². The molecule has 1 aliphatic heterocycles. The second-order valence-electron chi connectivity index (χ2n) is 6.05. The van der Waals surface area contributed by atoms with Crippen molar-refractivity contribution in [1.82, 2.24) is 4.90 Å². The molecule has 122 valence electrons. The highest BCUT2D eigenvalue weighted by atomic mass is 16.5. The SMILES string of the molecule is COc1cccc(C(O)CN2CCC(Nc3ccccc3)C2)c1. The van der Waals surface area contributed by atoms with Gasteiger partial charge in [-0.2, -0.15) is 0 Å². The van der Waals surface area contributed by atoms with E-state index in [-0.39, 0.29) is 0 Å². The minimum absolute atomic E-state index is 0.440. The van der Waals surface area contributed by atoms with Gasteiger partial charge in [0.1, 0.15) is 5.75 Å². The molecule has 1 aliphatic rings. The molecule has 0 amide bonds. The molecule has 0 aromatic heterocycles. The zero-order valence-electron chi connectivity index (χ0n) is 13.5. The molecule has 2 aromatic carbocycles. The number of benzene rings is 2. The molecular weight excluding hydrogens is 288 g/mol. The predicted molar refractivity (Wildman–Crippen MR) is 92.9 cm³/mol. The van der Waals surface area contributed by atoms with Crippen LogP contribution in [0.25, 0.3) is 0 Å². The molecule has 4 nitrogen and oxygen atoms in total. The molecule has 4 heteroatoms. The fraction of sp³-hybridized carbons (Fsp3) is 0.368. The van der Waals surface area contributed by atoms with Crippen molar-refractivity contribution in [3.05, 3.63) is 60.2 Å². The Hall–Kier alpha value is -2.04. The third kappa shape index (κ3) is 4.24. The maximum Gasteiger partial charge on any atom is 0.119 e. The van der Waals surface area contributed by atoms with Crippen molar-refractivity contribution in [1.29, 1.82) is 0 Å². The van der Waals surface area contributed by atoms with Crippen LogP contribution in [0.3, 0.4) is 0 Å². The van der Waals surface area contributed by atoms with E-state index >= 15 is 0 Å². The molecule has 2 unspecified atom stereocenters. The Balaban J connectivity index is 1.53. The minimum Gasteiger partial charge on any atom is -0.497 e. The van der Waals surface area contributed by atoms with Crippen LogP contribution in [0.2, 0.25) is 0 Å². The summed E-state index contributed by atoms with van der Waals surface area (Å²) >= 11 is 0. The summed E-state index contributed by atoms with van der Waals surface area (Å²) in [4.78, 5) is 2.31. The van der Waals surface area contributed by atoms with Gasteiger partial charge in [0.15, 0.2) is 0 Å². The fourth-order valence-electron chi connectivity index (χ4n) is 3.09. The number of likely N-dealkylation sites (tertiary alicyclic amines) is 1. The zero-order chi connectivity index (χ0) is 16.1. The van der Waals surface area contributed by atoms with Crippen molar-refractivity contribution in [3.63, 3.8) is 0 Å². The molecule has 2 aromatic rings. The predicted octanol–water partition coefficient (Wildman–Crippen LogP) is 2.92. The molecule has 0 aliphatic carbocycles. The first kappa shape index (κ1) is 15.8. The summed E-state index contributed by atoms with van der Waals surface area (Å²) < 4.78 is 5.22. The van der Waals surface area contributed by atoms with E-state index in [0.29, 0.717) is 12.6 Å². The molecule has 3 rings (SSSR count). The topological polar surface area (TPSA) is 44.7 Å². The minimum atomic E-state index is -0.486. The number of ether oxygens (including phenoxy) is 1. The van der Waals surface area contributed by atoms with Gasteiger partial charge in [-0.05, 0) is 36.2 Å². The number of β-amino-alcohol motifs (C(OH)–C–C–N with tert-alkyl or cyclic N) is 1.